The van der Waals surface area contributed by atoms with Crippen molar-refractivity contribution in [2.45, 2.75) is 32.4 Å². The minimum atomic E-state index is 0.142. The van der Waals surface area contributed by atoms with Crippen molar-refractivity contribution in [1.82, 2.24) is 5.32 Å². The molecule has 2 aromatic carbocycles. The summed E-state index contributed by atoms with van der Waals surface area (Å²) in [6, 6.07) is 12.8. The van der Waals surface area contributed by atoms with Gasteiger partial charge in [0.2, 0.25) is 0 Å². The van der Waals surface area contributed by atoms with Crippen molar-refractivity contribution in [2.24, 2.45) is 0 Å². The van der Waals surface area contributed by atoms with E-state index >= 15 is 0 Å². The largest absolute Gasteiger partial charge is 0.490 e. The Morgan fingerprint density at radius 1 is 1.19 bits per heavy atom. The summed E-state index contributed by atoms with van der Waals surface area (Å²) in [4.78, 5) is 0. The smallest absolute Gasteiger partial charge is 0.123 e. The molecule has 0 fully saturated rings. The van der Waals surface area contributed by atoms with Crippen LogP contribution in [0.5, 0.6) is 5.75 Å². The molecule has 0 bridgehead atoms. The Balaban J connectivity index is 1.99. The molecule has 0 aliphatic carbocycles. The van der Waals surface area contributed by atoms with Gasteiger partial charge < -0.3 is 10.1 Å². The average molecular weight is 302 g/mol. The van der Waals surface area contributed by atoms with Crippen molar-refractivity contribution < 1.29 is 4.74 Å². The van der Waals surface area contributed by atoms with E-state index in [1.807, 2.05) is 19.2 Å². The predicted molar refractivity (Wildman–Crippen MR) is 87.3 cm³/mol. The summed E-state index contributed by atoms with van der Waals surface area (Å²) in [5.41, 5.74) is 4.90. The van der Waals surface area contributed by atoms with Crippen molar-refractivity contribution in [3.63, 3.8) is 0 Å². The molecule has 1 aliphatic heterocycles. The first-order valence-corrected chi connectivity index (χ1v) is 7.68. The van der Waals surface area contributed by atoms with Crippen LogP contribution in [0.25, 0.3) is 0 Å². The Kier molecular flexibility index (Phi) is 3.92. The lowest BCUT2D eigenvalue weighted by molar-refractivity contribution is 0.254. The van der Waals surface area contributed by atoms with Crippen LogP contribution in [0.3, 0.4) is 0 Å². The summed E-state index contributed by atoms with van der Waals surface area (Å²) in [7, 11) is 1.98. The SMILES string of the molecule is CNC(c1cc(C)cc(Cl)c1)c1ccc2c(c1)CC(C)O2. The third-order valence-corrected chi connectivity index (χ3v) is 4.16. The number of hydrogen-bond donors (Lipinski definition) is 1. The van der Waals surface area contributed by atoms with Gasteiger partial charge in [-0.15, -0.1) is 0 Å². The molecule has 2 aromatic rings. The summed E-state index contributed by atoms with van der Waals surface area (Å²) in [5, 5.41) is 4.17. The van der Waals surface area contributed by atoms with E-state index in [0.717, 1.165) is 17.2 Å². The van der Waals surface area contributed by atoms with E-state index in [9.17, 15) is 0 Å². The normalized spacial score (nSPS) is 18.2. The number of fused-ring (bicyclic) bond motifs is 1. The van der Waals surface area contributed by atoms with Crippen LogP contribution in [0.1, 0.15) is 35.2 Å². The Hall–Kier alpha value is -1.51. The monoisotopic (exact) mass is 301 g/mol. The molecule has 1 aliphatic rings. The highest BCUT2D eigenvalue weighted by Crippen LogP contribution is 2.33. The van der Waals surface area contributed by atoms with Gasteiger partial charge in [-0.3, -0.25) is 0 Å². The molecule has 0 aromatic heterocycles. The lowest BCUT2D eigenvalue weighted by Crippen LogP contribution is -2.18. The number of aryl methyl sites for hydroxylation is 1. The van der Waals surface area contributed by atoms with Gasteiger partial charge in [0.05, 0.1) is 6.04 Å². The van der Waals surface area contributed by atoms with Crippen LogP contribution in [-0.2, 0) is 6.42 Å². The van der Waals surface area contributed by atoms with Gasteiger partial charge in [0.25, 0.3) is 0 Å². The minimum Gasteiger partial charge on any atom is -0.490 e. The maximum absolute atomic E-state index is 6.20. The van der Waals surface area contributed by atoms with Gasteiger partial charge in [-0.1, -0.05) is 29.8 Å². The Labute approximate surface area is 131 Å². The molecule has 0 saturated carbocycles. The molecule has 0 amide bonds. The number of halogens is 1. The zero-order chi connectivity index (χ0) is 15.0. The van der Waals surface area contributed by atoms with E-state index in [1.165, 1.54) is 22.3 Å². The average Bonchev–Trinajstić information content (AvgIpc) is 2.78. The molecule has 1 heterocycles. The highest BCUT2D eigenvalue weighted by molar-refractivity contribution is 6.30. The first-order valence-electron chi connectivity index (χ1n) is 7.30. The lowest BCUT2D eigenvalue weighted by atomic mass is 9.95. The summed E-state index contributed by atoms with van der Waals surface area (Å²) in [6.45, 7) is 4.18. The highest BCUT2D eigenvalue weighted by atomic mass is 35.5. The van der Waals surface area contributed by atoms with Crippen LogP contribution < -0.4 is 10.1 Å². The molecule has 110 valence electrons. The third-order valence-electron chi connectivity index (χ3n) is 3.94. The fraction of sp³-hybridized carbons (Fsp3) is 0.333. The number of rotatable bonds is 3. The quantitative estimate of drug-likeness (QED) is 0.913. The van der Waals surface area contributed by atoms with Crippen LogP contribution in [0.15, 0.2) is 36.4 Å². The van der Waals surface area contributed by atoms with Crippen LogP contribution in [0, 0.1) is 6.92 Å². The molecule has 2 atom stereocenters. The van der Waals surface area contributed by atoms with Crippen molar-refractivity contribution >= 4 is 11.6 Å². The highest BCUT2D eigenvalue weighted by Gasteiger charge is 2.21. The van der Waals surface area contributed by atoms with Crippen LogP contribution >= 0.6 is 11.6 Å². The van der Waals surface area contributed by atoms with E-state index < -0.39 is 0 Å². The second-order valence-electron chi connectivity index (χ2n) is 5.78. The molecule has 2 nitrogen and oxygen atoms in total. The fourth-order valence-corrected chi connectivity index (χ4v) is 3.38. The standard InChI is InChI=1S/C18H20ClNO/c1-11-6-15(10-16(19)7-11)18(20-3)13-4-5-17-14(9-13)8-12(2)21-17/h4-7,9-10,12,18,20H,8H2,1-3H3. The van der Waals surface area contributed by atoms with E-state index in [2.05, 4.69) is 43.4 Å². The molecular formula is C18H20ClNO. The fourth-order valence-electron chi connectivity index (χ4n) is 3.08. The molecule has 2 unspecified atom stereocenters. The summed E-state index contributed by atoms with van der Waals surface area (Å²) >= 11 is 6.20. The first-order chi connectivity index (χ1) is 10.1. The maximum atomic E-state index is 6.20. The minimum absolute atomic E-state index is 0.142. The van der Waals surface area contributed by atoms with Gasteiger partial charge in [0.15, 0.2) is 0 Å². The molecular weight excluding hydrogens is 282 g/mol. The van der Waals surface area contributed by atoms with Crippen LogP contribution in [0.2, 0.25) is 5.02 Å². The zero-order valence-electron chi connectivity index (χ0n) is 12.6. The van der Waals surface area contributed by atoms with Gasteiger partial charge in [0.1, 0.15) is 11.9 Å². The Bertz CT molecular complexity index is 648. The van der Waals surface area contributed by atoms with Crippen molar-refractivity contribution in [1.29, 1.82) is 0 Å². The second kappa shape index (κ2) is 5.70. The molecule has 0 spiro atoms. The lowest BCUT2D eigenvalue weighted by Gasteiger charge is -2.19. The Morgan fingerprint density at radius 2 is 2.00 bits per heavy atom. The number of hydrogen-bond acceptors (Lipinski definition) is 2. The first kappa shape index (κ1) is 14.4. The van der Waals surface area contributed by atoms with Crippen molar-refractivity contribution in [3.8, 4) is 5.75 Å². The van der Waals surface area contributed by atoms with E-state index in [4.69, 9.17) is 16.3 Å². The van der Waals surface area contributed by atoms with E-state index in [0.29, 0.717) is 0 Å². The van der Waals surface area contributed by atoms with E-state index in [-0.39, 0.29) is 12.1 Å². The summed E-state index contributed by atoms with van der Waals surface area (Å²) in [5.74, 6) is 1.02. The summed E-state index contributed by atoms with van der Waals surface area (Å²) < 4.78 is 5.78. The molecule has 3 rings (SSSR count). The van der Waals surface area contributed by atoms with Gasteiger partial charge in [-0.25, -0.2) is 0 Å². The molecule has 1 N–H and O–H groups in total. The molecule has 21 heavy (non-hydrogen) atoms. The van der Waals surface area contributed by atoms with Gasteiger partial charge >= 0.3 is 0 Å². The number of nitrogens with one attached hydrogen (secondary N) is 1. The third kappa shape index (κ3) is 2.92. The molecule has 0 saturated heterocycles. The van der Waals surface area contributed by atoms with Gasteiger partial charge in [0, 0.05) is 11.4 Å². The second-order valence-corrected chi connectivity index (χ2v) is 6.22. The van der Waals surface area contributed by atoms with Gasteiger partial charge in [-0.2, -0.15) is 0 Å². The van der Waals surface area contributed by atoms with Crippen LogP contribution in [-0.4, -0.2) is 13.2 Å². The topological polar surface area (TPSA) is 21.3 Å². The number of benzene rings is 2. The van der Waals surface area contributed by atoms with Gasteiger partial charge in [-0.05, 0) is 61.3 Å². The van der Waals surface area contributed by atoms with Crippen molar-refractivity contribution in [3.05, 3.63) is 63.7 Å². The molecule has 3 heteroatoms. The van der Waals surface area contributed by atoms with E-state index in [1.54, 1.807) is 0 Å². The zero-order valence-corrected chi connectivity index (χ0v) is 13.4. The number of ether oxygens (including phenoxy) is 1. The maximum Gasteiger partial charge on any atom is 0.123 e. The molecule has 0 radical (unpaired) electrons. The Morgan fingerprint density at radius 3 is 2.71 bits per heavy atom. The predicted octanol–water partition coefficient (Wildman–Crippen LogP) is 4.28. The van der Waals surface area contributed by atoms with Crippen molar-refractivity contribution in [2.75, 3.05) is 7.05 Å². The summed E-state index contributed by atoms with van der Waals surface area (Å²) in [6.07, 6.45) is 1.26. The van der Waals surface area contributed by atoms with Crippen LogP contribution in [0.4, 0.5) is 0 Å².